The molecule has 0 unspecified atom stereocenters. The smallest absolute Gasteiger partial charge is 0.252 e. The third-order valence-electron chi connectivity index (χ3n) is 3.61. The number of nitrogens with zero attached hydrogens (tertiary/aromatic N) is 2. The summed E-state index contributed by atoms with van der Waals surface area (Å²) in [5, 5.41) is 16.1. The number of rotatable bonds is 5. The number of H-pyrrole nitrogens is 1. The van der Waals surface area contributed by atoms with E-state index in [0.29, 0.717) is 11.3 Å². The van der Waals surface area contributed by atoms with Gasteiger partial charge >= 0.3 is 0 Å². The number of phenols is 1. The number of aromatic hydroxyl groups is 1. The second-order valence-corrected chi connectivity index (χ2v) is 5.42. The van der Waals surface area contributed by atoms with E-state index in [1.54, 1.807) is 6.07 Å². The third-order valence-corrected chi connectivity index (χ3v) is 3.61. The maximum atomic E-state index is 11.6. The van der Waals surface area contributed by atoms with Crippen LogP contribution < -0.4 is 11.0 Å². The Balaban J connectivity index is 1.87. The molecule has 6 heteroatoms. The minimum absolute atomic E-state index is 0.139. The van der Waals surface area contributed by atoms with Crippen molar-refractivity contribution < 1.29 is 5.11 Å². The average Bonchev–Trinajstić information content (AvgIpc) is 2.57. The van der Waals surface area contributed by atoms with Gasteiger partial charge in [0.15, 0.2) is 0 Å². The Bertz CT molecular complexity index is 947. The quantitative estimate of drug-likeness (QED) is 0.497. The van der Waals surface area contributed by atoms with Crippen molar-refractivity contribution in [1.29, 1.82) is 0 Å². The average molecular weight is 322 g/mol. The zero-order valence-electron chi connectivity index (χ0n) is 13.3. The van der Waals surface area contributed by atoms with E-state index in [0.717, 1.165) is 23.6 Å². The zero-order chi connectivity index (χ0) is 16.9. The minimum Gasteiger partial charge on any atom is -0.507 e. The molecule has 0 aliphatic rings. The molecule has 1 heterocycles. The number of anilines is 1. The topological polar surface area (TPSA) is 90.4 Å². The molecule has 2 aromatic carbocycles. The van der Waals surface area contributed by atoms with Crippen LogP contribution in [0.1, 0.15) is 24.6 Å². The molecular weight excluding hydrogens is 304 g/mol. The Kier molecular flexibility index (Phi) is 4.56. The molecular formula is C18H18N4O2. The molecule has 24 heavy (non-hydrogen) atoms. The molecule has 3 rings (SSSR count). The first-order valence-electron chi connectivity index (χ1n) is 7.77. The van der Waals surface area contributed by atoms with E-state index < -0.39 is 0 Å². The van der Waals surface area contributed by atoms with Crippen molar-refractivity contribution in [1.82, 2.24) is 9.97 Å². The number of aromatic amines is 1. The van der Waals surface area contributed by atoms with Crippen LogP contribution in [0.5, 0.6) is 5.75 Å². The Hall–Kier alpha value is -3.15. The molecule has 0 atom stereocenters. The second kappa shape index (κ2) is 6.95. The van der Waals surface area contributed by atoms with E-state index in [4.69, 9.17) is 0 Å². The number of hydrazone groups is 1. The lowest BCUT2D eigenvalue weighted by Crippen LogP contribution is -2.12. The number of aromatic nitrogens is 2. The standard InChI is InChI=1S/C18H18N4O2/c1-2-5-13-10-17(24)21-18(20-13)22-19-11-15-14-7-4-3-6-12(14)8-9-16(15)23/h3-4,6-11,23H,2,5H2,1H3,(H2,20,21,22,24)/b19-11+. The normalized spacial score (nSPS) is 11.2. The molecule has 0 saturated heterocycles. The van der Waals surface area contributed by atoms with Crippen LogP contribution in [0, 0.1) is 0 Å². The van der Waals surface area contributed by atoms with Crippen LogP contribution in [-0.4, -0.2) is 21.3 Å². The first-order valence-corrected chi connectivity index (χ1v) is 7.77. The Morgan fingerprint density at radius 2 is 2.12 bits per heavy atom. The van der Waals surface area contributed by atoms with E-state index in [2.05, 4.69) is 20.5 Å². The van der Waals surface area contributed by atoms with Crippen molar-refractivity contribution in [2.24, 2.45) is 5.10 Å². The molecule has 0 bridgehead atoms. The third kappa shape index (κ3) is 3.43. The van der Waals surface area contributed by atoms with Crippen molar-refractivity contribution >= 4 is 22.9 Å². The van der Waals surface area contributed by atoms with Gasteiger partial charge in [0.1, 0.15) is 5.75 Å². The van der Waals surface area contributed by atoms with E-state index in [9.17, 15) is 9.90 Å². The summed E-state index contributed by atoms with van der Waals surface area (Å²) < 4.78 is 0. The van der Waals surface area contributed by atoms with Gasteiger partial charge in [-0.05, 0) is 23.3 Å². The van der Waals surface area contributed by atoms with E-state index in [1.807, 2.05) is 37.3 Å². The van der Waals surface area contributed by atoms with Gasteiger partial charge in [-0.2, -0.15) is 5.10 Å². The largest absolute Gasteiger partial charge is 0.507 e. The summed E-state index contributed by atoms with van der Waals surface area (Å²) in [4.78, 5) is 18.5. The van der Waals surface area contributed by atoms with Gasteiger partial charge in [-0.15, -0.1) is 0 Å². The van der Waals surface area contributed by atoms with Crippen molar-refractivity contribution in [2.75, 3.05) is 5.43 Å². The summed E-state index contributed by atoms with van der Waals surface area (Å²) in [6, 6.07) is 12.7. The van der Waals surface area contributed by atoms with Gasteiger partial charge in [0.25, 0.3) is 5.56 Å². The zero-order valence-corrected chi connectivity index (χ0v) is 13.3. The van der Waals surface area contributed by atoms with Gasteiger partial charge in [-0.3, -0.25) is 9.78 Å². The highest BCUT2D eigenvalue weighted by Crippen LogP contribution is 2.25. The summed E-state index contributed by atoms with van der Waals surface area (Å²) in [5.41, 5.74) is 3.81. The van der Waals surface area contributed by atoms with Gasteiger partial charge < -0.3 is 5.11 Å². The van der Waals surface area contributed by atoms with E-state index in [1.165, 1.54) is 12.3 Å². The number of hydrogen-bond donors (Lipinski definition) is 3. The summed E-state index contributed by atoms with van der Waals surface area (Å²) in [5.74, 6) is 0.419. The van der Waals surface area contributed by atoms with Gasteiger partial charge in [0, 0.05) is 17.3 Å². The van der Waals surface area contributed by atoms with Crippen LogP contribution in [0.3, 0.4) is 0 Å². The van der Waals surface area contributed by atoms with Crippen molar-refractivity contribution in [3.63, 3.8) is 0 Å². The molecule has 1 aromatic heterocycles. The number of aryl methyl sites for hydroxylation is 1. The van der Waals surface area contributed by atoms with Crippen LogP contribution in [-0.2, 0) is 6.42 Å². The van der Waals surface area contributed by atoms with Gasteiger partial charge in [0.05, 0.1) is 6.21 Å². The summed E-state index contributed by atoms with van der Waals surface area (Å²) in [6.45, 7) is 2.03. The predicted octanol–water partition coefficient (Wildman–Crippen LogP) is 3.03. The molecule has 0 fully saturated rings. The van der Waals surface area contributed by atoms with Crippen LogP contribution in [0.4, 0.5) is 5.95 Å². The van der Waals surface area contributed by atoms with Crippen molar-refractivity contribution in [3.05, 3.63) is 64.1 Å². The molecule has 0 spiro atoms. The highest BCUT2D eigenvalue weighted by molar-refractivity contribution is 6.02. The lowest BCUT2D eigenvalue weighted by Gasteiger charge is -2.05. The molecule has 0 aliphatic carbocycles. The second-order valence-electron chi connectivity index (χ2n) is 5.42. The minimum atomic E-state index is -0.223. The van der Waals surface area contributed by atoms with Crippen molar-refractivity contribution in [2.45, 2.75) is 19.8 Å². The fraction of sp³-hybridized carbons (Fsp3) is 0.167. The molecule has 122 valence electrons. The lowest BCUT2D eigenvalue weighted by atomic mass is 10.0. The monoisotopic (exact) mass is 322 g/mol. The predicted molar refractivity (Wildman–Crippen MR) is 95.7 cm³/mol. The number of fused-ring (bicyclic) bond motifs is 1. The summed E-state index contributed by atoms with van der Waals surface area (Å²) in [6.07, 6.45) is 3.15. The van der Waals surface area contributed by atoms with Crippen LogP contribution in [0.2, 0.25) is 0 Å². The maximum absolute atomic E-state index is 11.6. The van der Waals surface area contributed by atoms with Gasteiger partial charge in [0.2, 0.25) is 5.95 Å². The number of benzene rings is 2. The molecule has 0 amide bonds. The van der Waals surface area contributed by atoms with E-state index >= 15 is 0 Å². The lowest BCUT2D eigenvalue weighted by molar-refractivity contribution is 0.475. The van der Waals surface area contributed by atoms with Gasteiger partial charge in [-0.25, -0.2) is 10.4 Å². The van der Waals surface area contributed by atoms with E-state index in [-0.39, 0.29) is 17.3 Å². The Labute approximate surface area is 138 Å². The molecule has 0 radical (unpaired) electrons. The van der Waals surface area contributed by atoms with Crippen LogP contribution in [0.25, 0.3) is 10.8 Å². The highest BCUT2D eigenvalue weighted by Gasteiger charge is 2.04. The molecule has 0 aliphatic heterocycles. The first kappa shape index (κ1) is 15.7. The first-order chi connectivity index (χ1) is 11.7. The SMILES string of the molecule is CCCc1cc(=O)[nH]c(N/N=C/c2c(O)ccc3ccccc23)n1. The molecule has 3 N–H and O–H groups in total. The van der Waals surface area contributed by atoms with Gasteiger partial charge in [-0.1, -0.05) is 43.7 Å². The summed E-state index contributed by atoms with van der Waals surface area (Å²) >= 11 is 0. The molecule has 6 nitrogen and oxygen atoms in total. The fourth-order valence-electron chi connectivity index (χ4n) is 2.52. The Morgan fingerprint density at radius 3 is 2.96 bits per heavy atom. The number of nitrogens with one attached hydrogen (secondary N) is 2. The highest BCUT2D eigenvalue weighted by atomic mass is 16.3. The maximum Gasteiger partial charge on any atom is 0.252 e. The Morgan fingerprint density at radius 1 is 1.29 bits per heavy atom. The number of hydrogen-bond acceptors (Lipinski definition) is 5. The van der Waals surface area contributed by atoms with Crippen LogP contribution >= 0.6 is 0 Å². The fourth-order valence-corrected chi connectivity index (χ4v) is 2.52. The number of phenolic OH excluding ortho intramolecular Hbond substituents is 1. The van der Waals surface area contributed by atoms with Crippen LogP contribution in [0.15, 0.2) is 52.4 Å². The summed E-state index contributed by atoms with van der Waals surface area (Å²) in [7, 11) is 0. The molecule has 0 saturated carbocycles. The van der Waals surface area contributed by atoms with Crippen molar-refractivity contribution in [3.8, 4) is 5.75 Å². The molecule has 3 aromatic rings.